The van der Waals surface area contributed by atoms with Crippen LogP contribution in [0.4, 0.5) is 22.7 Å². The molecule has 154 valence electrons. The molecule has 0 unspecified atom stereocenters. The van der Waals surface area contributed by atoms with E-state index in [1.807, 2.05) is 61.6 Å². The molecule has 1 aliphatic heterocycles. The lowest BCUT2D eigenvalue weighted by molar-refractivity contribution is -0.384. The van der Waals surface area contributed by atoms with Gasteiger partial charge in [-0.2, -0.15) is 0 Å². The van der Waals surface area contributed by atoms with Gasteiger partial charge >= 0.3 is 0 Å². The molecule has 1 aliphatic rings. The van der Waals surface area contributed by atoms with Crippen LogP contribution in [0, 0.1) is 10.1 Å². The minimum absolute atomic E-state index is 0.0368. The Bertz CT molecular complexity index is 1180. The number of nitro benzene ring substituents is 1. The van der Waals surface area contributed by atoms with Crippen molar-refractivity contribution in [2.45, 2.75) is 0 Å². The highest BCUT2D eigenvalue weighted by molar-refractivity contribution is 8.27. The van der Waals surface area contributed by atoms with Gasteiger partial charge in [0, 0.05) is 30.6 Å². The lowest BCUT2D eigenvalue weighted by Gasteiger charge is -2.19. The Morgan fingerprint density at radius 3 is 2.19 bits per heavy atom. The first kappa shape index (κ1) is 20.8. The summed E-state index contributed by atoms with van der Waals surface area (Å²) < 4.78 is 0.394. The Hall–Kier alpha value is -3.49. The predicted octanol–water partition coefficient (Wildman–Crippen LogP) is 5.77. The Morgan fingerprint density at radius 2 is 1.58 bits per heavy atom. The first-order valence-electron chi connectivity index (χ1n) is 9.35. The van der Waals surface area contributed by atoms with E-state index in [2.05, 4.69) is 4.90 Å². The van der Waals surface area contributed by atoms with Crippen molar-refractivity contribution in [3.8, 4) is 0 Å². The van der Waals surface area contributed by atoms with E-state index in [0.717, 1.165) is 16.9 Å². The van der Waals surface area contributed by atoms with Crippen molar-refractivity contribution in [3.05, 3.63) is 99.4 Å². The second kappa shape index (κ2) is 8.71. The van der Waals surface area contributed by atoms with Crippen LogP contribution in [-0.2, 0) is 4.79 Å². The largest absolute Gasteiger partial charge is 0.345 e. The molecule has 1 amide bonds. The standard InChI is InChI=1S/C23H17N3O3S2/c1-24(17-5-3-2-4-6-17)18-9-7-16(8-10-18)15-21-22(27)25(23(30)31-21)19-11-13-20(14-12-19)26(28)29/h2-15H,1H3/b21-15-. The molecule has 3 aromatic carbocycles. The maximum atomic E-state index is 12.9. The summed E-state index contributed by atoms with van der Waals surface area (Å²) >= 11 is 6.59. The van der Waals surface area contributed by atoms with Crippen molar-refractivity contribution in [3.63, 3.8) is 0 Å². The number of carbonyl (C=O) groups is 1. The summed E-state index contributed by atoms with van der Waals surface area (Å²) in [6.07, 6.45) is 1.80. The molecular formula is C23H17N3O3S2. The molecule has 1 saturated heterocycles. The van der Waals surface area contributed by atoms with E-state index in [4.69, 9.17) is 12.2 Å². The number of nitrogens with zero attached hydrogens (tertiary/aromatic N) is 3. The van der Waals surface area contributed by atoms with Crippen LogP contribution in [0.5, 0.6) is 0 Å². The number of hydrogen-bond donors (Lipinski definition) is 0. The van der Waals surface area contributed by atoms with Gasteiger partial charge < -0.3 is 4.90 Å². The van der Waals surface area contributed by atoms with Gasteiger partial charge in [0.1, 0.15) is 0 Å². The van der Waals surface area contributed by atoms with Crippen LogP contribution in [0.25, 0.3) is 6.08 Å². The summed E-state index contributed by atoms with van der Waals surface area (Å²) in [5, 5.41) is 10.8. The first-order valence-corrected chi connectivity index (χ1v) is 10.6. The second-order valence-electron chi connectivity index (χ2n) is 6.78. The van der Waals surface area contributed by atoms with Gasteiger partial charge in [0.25, 0.3) is 11.6 Å². The van der Waals surface area contributed by atoms with Crippen LogP contribution >= 0.6 is 24.0 Å². The average molecular weight is 448 g/mol. The maximum absolute atomic E-state index is 12.9. The minimum atomic E-state index is -0.479. The third-order valence-corrected chi connectivity index (χ3v) is 6.14. The highest BCUT2D eigenvalue weighted by Gasteiger charge is 2.33. The highest BCUT2D eigenvalue weighted by Crippen LogP contribution is 2.36. The zero-order chi connectivity index (χ0) is 22.0. The summed E-state index contributed by atoms with van der Waals surface area (Å²) in [5.74, 6) is -0.241. The lowest BCUT2D eigenvalue weighted by atomic mass is 10.1. The van der Waals surface area contributed by atoms with E-state index in [9.17, 15) is 14.9 Å². The van der Waals surface area contributed by atoms with Crippen LogP contribution in [-0.4, -0.2) is 22.2 Å². The second-order valence-corrected chi connectivity index (χ2v) is 8.45. The summed E-state index contributed by atoms with van der Waals surface area (Å²) in [4.78, 5) is 27.3. The molecule has 0 aromatic heterocycles. The molecule has 0 radical (unpaired) electrons. The molecular weight excluding hydrogens is 430 g/mol. The van der Waals surface area contributed by atoms with E-state index < -0.39 is 4.92 Å². The van der Waals surface area contributed by atoms with Crippen LogP contribution in [0.1, 0.15) is 5.56 Å². The van der Waals surface area contributed by atoms with Crippen LogP contribution in [0.2, 0.25) is 0 Å². The number of thiocarbonyl (C=S) groups is 1. The fourth-order valence-electron chi connectivity index (χ4n) is 3.16. The molecule has 31 heavy (non-hydrogen) atoms. The molecule has 4 rings (SSSR count). The van der Waals surface area contributed by atoms with E-state index >= 15 is 0 Å². The summed E-state index contributed by atoms with van der Waals surface area (Å²) in [5.41, 5.74) is 3.47. The van der Waals surface area contributed by atoms with Crippen molar-refractivity contribution in [2.75, 3.05) is 16.8 Å². The fourth-order valence-corrected chi connectivity index (χ4v) is 4.46. The number of carbonyl (C=O) groups excluding carboxylic acids is 1. The monoisotopic (exact) mass is 447 g/mol. The summed E-state index contributed by atoms with van der Waals surface area (Å²) in [6.45, 7) is 0. The Morgan fingerprint density at radius 1 is 0.968 bits per heavy atom. The Kier molecular flexibility index (Phi) is 5.83. The number of para-hydroxylation sites is 1. The average Bonchev–Trinajstić information content (AvgIpc) is 3.07. The van der Waals surface area contributed by atoms with Gasteiger partial charge in [-0.1, -0.05) is 54.3 Å². The van der Waals surface area contributed by atoms with Gasteiger partial charge in [-0.15, -0.1) is 0 Å². The first-order chi connectivity index (χ1) is 14.9. The fraction of sp³-hybridized carbons (Fsp3) is 0.0435. The van der Waals surface area contributed by atoms with Crippen LogP contribution < -0.4 is 9.80 Å². The van der Waals surface area contributed by atoms with E-state index in [-0.39, 0.29) is 11.6 Å². The molecule has 0 aliphatic carbocycles. The SMILES string of the molecule is CN(c1ccccc1)c1ccc(/C=C2\SC(=S)N(c3ccc([N+](=O)[O-])cc3)C2=O)cc1. The Balaban J connectivity index is 1.53. The summed E-state index contributed by atoms with van der Waals surface area (Å²) in [6, 6.07) is 23.7. The van der Waals surface area contributed by atoms with E-state index in [1.165, 1.54) is 40.9 Å². The third-order valence-electron chi connectivity index (χ3n) is 4.83. The number of anilines is 3. The van der Waals surface area contributed by atoms with E-state index in [0.29, 0.717) is 14.9 Å². The van der Waals surface area contributed by atoms with Gasteiger partial charge in [0.05, 0.1) is 15.5 Å². The smallest absolute Gasteiger partial charge is 0.270 e. The lowest BCUT2D eigenvalue weighted by Crippen LogP contribution is -2.27. The zero-order valence-electron chi connectivity index (χ0n) is 16.5. The third kappa shape index (κ3) is 4.35. The van der Waals surface area contributed by atoms with Gasteiger partial charge in [0.2, 0.25) is 0 Å². The quantitative estimate of drug-likeness (QED) is 0.214. The molecule has 0 bridgehead atoms. The van der Waals surface area contributed by atoms with Crippen molar-refractivity contribution < 1.29 is 9.72 Å². The molecule has 0 spiro atoms. The number of rotatable bonds is 5. The predicted molar refractivity (Wildman–Crippen MR) is 130 cm³/mol. The molecule has 0 saturated carbocycles. The number of nitro groups is 1. The Labute approximate surface area is 188 Å². The van der Waals surface area contributed by atoms with Gasteiger partial charge in [-0.05, 0) is 48.0 Å². The normalized spacial score (nSPS) is 14.9. The topological polar surface area (TPSA) is 66.7 Å². The molecule has 8 heteroatoms. The molecule has 6 nitrogen and oxygen atoms in total. The van der Waals surface area contributed by atoms with Crippen molar-refractivity contribution in [2.24, 2.45) is 0 Å². The number of thioether (sulfide) groups is 1. The zero-order valence-corrected chi connectivity index (χ0v) is 18.1. The van der Waals surface area contributed by atoms with Gasteiger partial charge in [-0.3, -0.25) is 19.8 Å². The van der Waals surface area contributed by atoms with Crippen molar-refractivity contribution >= 4 is 63.0 Å². The molecule has 3 aromatic rings. The van der Waals surface area contributed by atoms with Crippen molar-refractivity contribution in [1.29, 1.82) is 0 Å². The molecule has 1 fully saturated rings. The van der Waals surface area contributed by atoms with Gasteiger partial charge in [-0.25, -0.2) is 0 Å². The molecule has 1 heterocycles. The number of non-ortho nitro benzene ring substituents is 1. The van der Waals surface area contributed by atoms with Crippen molar-refractivity contribution in [1.82, 2.24) is 0 Å². The summed E-state index contributed by atoms with van der Waals surface area (Å²) in [7, 11) is 2.00. The number of hydrogen-bond acceptors (Lipinski definition) is 6. The van der Waals surface area contributed by atoms with E-state index in [1.54, 1.807) is 6.08 Å². The number of amides is 1. The number of benzene rings is 3. The maximum Gasteiger partial charge on any atom is 0.270 e. The van der Waals surface area contributed by atoms with Gasteiger partial charge in [0.15, 0.2) is 4.32 Å². The minimum Gasteiger partial charge on any atom is -0.345 e. The molecule has 0 N–H and O–H groups in total. The molecule has 0 atom stereocenters. The van der Waals surface area contributed by atoms with Crippen LogP contribution in [0.3, 0.4) is 0 Å². The highest BCUT2D eigenvalue weighted by atomic mass is 32.2. The van der Waals surface area contributed by atoms with Crippen LogP contribution in [0.15, 0.2) is 83.8 Å².